The van der Waals surface area contributed by atoms with Crippen LogP contribution in [0.15, 0.2) is 15.8 Å². The molecule has 31 heavy (non-hydrogen) atoms. The molecular formula is C12H19N2O14P3. The van der Waals surface area contributed by atoms with Crippen molar-refractivity contribution in [2.45, 2.75) is 44.3 Å². The van der Waals surface area contributed by atoms with Gasteiger partial charge in [0.15, 0.2) is 0 Å². The molecule has 2 aliphatic heterocycles. The van der Waals surface area contributed by atoms with Gasteiger partial charge in [0.05, 0.1) is 12.2 Å². The maximum atomic E-state index is 12.3. The molecule has 2 saturated heterocycles. The van der Waals surface area contributed by atoms with E-state index in [9.17, 15) is 43.3 Å². The molecule has 0 spiro atoms. The van der Waals surface area contributed by atoms with E-state index in [-0.39, 0.29) is 12.1 Å². The molecule has 6 unspecified atom stereocenters. The summed E-state index contributed by atoms with van der Waals surface area (Å²) in [5.41, 5.74) is -1.74. The second-order valence-corrected chi connectivity index (χ2v) is 11.5. The fourth-order valence-corrected chi connectivity index (χ4v) is 7.85. The van der Waals surface area contributed by atoms with Crippen LogP contribution in [0.3, 0.4) is 0 Å². The Morgan fingerprint density at radius 1 is 1.10 bits per heavy atom. The van der Waals surface area contributed by atoms with Crippen molar-refractivity contribution in [1.29, 1.82) is 0 Å². The van der Waals surface area contributed by atoms with Gasteiger partial charge in [0.1, 0.15) is 24.4 Å². The maximum absolute atomic E-state index is 12.3. The van der Waals surface area contributed by atoms with E-state index in [1.165, 1.54) is 4.57 Å². The van der Waals surface area contributed by atoms with Crippen molar-refractivity contribution in [3.05, 3.63) is 32.6 Å². The topological polar surface area (TPSA) is 233 Å². The quantitative estimate of drug-likeness (QED) is 0.305. The van der Waals surface area contributed by atoms with E-state index in [0.29, 0.717) is 6.42 Å². The highest BCUT2D eigenvalue weighted by Gasteiger charge is 2.55. The van der Waals surface area contributed by atoms with E-state index in [4.69, 9.17) is 4.74 Å². The number of nitrogens with one attached hydrogen (secondary N) is 1. The molecule has 2 fully saturated rings. The Kier molecular flexibility index (Phi) is 6.95. The van der Waals surface area contributed by atoms with Crippen LogP contribution in [0.2, 0.25) is 0 Å². The predicted molar refractivity (Wildman–Crippen MR) is 97.7 cm³/mol. The first-order valence-corrected chi connectivity index (χ1v) is 13.1. The first-order chi connectivity index (χ1) is 14.3. The molecule has 3 rings (SSSR count). The van der Waals surface area contributed by atoms with Gasteiger partial charge in [-0.25, -0.2) is 18.5 Å². The van der Waals surface area contributed by atoms with Crippen molar-refractivity contribution in [2.24, 2.45) is 0 Å². The first kappa shape index (κ1) is 24.6. The van der Waals surface area contributed by atoms with Crippen molar-refractivity contribution in [1.82, 2.24) is 9.55 Å². The number of aliphatic hydroxyl groups excluding tert-OH is 2. The summed E-state index contributed by atoms with van der Waals surface area (Å²) >= 11 is 0. The van der Waals surface area contributed by atoms with Gasteiger partial charge in [0, 0.05) is 12.7 Å². The molecule has 0 radical (unpaired) electrons. The van der Waals surface area contributed by atoms with E-state index in [0.717, 1.165) is 6.20 Å². The van der Waals surface area contributed by atoms with Gasteiger partial charge in [-0.3, -0.25) is 14.3 Å². The third kappa shape index (κ3) is 5.50. The standard InChI is InChI=1S/C12H19N2O14P3/c1-2-3-14-4-6(11(17)13-12(14)18)10-9(16)8(15)7(25-10)5-24-31(23)27-29(19,20)26-30(21,22)28-31/h4,7-10,15-16H,2-3,5H2,1H3,(H,19,20)(H,21,22)(H,13,17,18). The summed E-state index contributed by atoms with van der Waals surface area (Å²) in [4.78, 5) is 44.4. The summed E-state index contributed by atoms with van der Waals surface area (Å²) in [7, 11) is -15.6. The smallest absolute Gasteiger partial charge is 0.387 e. The molecule has 0 aliphatic carbocycles. The number of aliphatic hydroxyl groups is 2. The number of ether oxygens (including phenoxy) is 1. The SMILES string of the molecule is CCCn1cc(C2OC(COP3(=O)OP(=O)(O)OP(=O)(O)O3)C(O)C2O)c(=O)[nH]c1=O. The van der Waals surface area contributed by atoms with Gasteiger partial charge >= 0.3 is 29.2 Å². The number of aryl methyl sites for hydroxylation is 1. The maximum Gasteiger partial charge on any atom is 0.492 e. The number of hydrogen-bond donors (Lipinski definition) is 5. The molecule has 0 aromatic carbocycles. The van der Waals surface area contributed by atoms with Crippen LogP contribution >= 0.6 is 23.5 Å². The molecule has 0 amide bonds. The van der Waals surface area contributed by atoms with E-state index in [1.807, 2.05) is 0 Å². The molecule has 0 bridgehead atoms. The highest BCUT2D eigenvalue weighted by molar-refractivity contribution is 7.74. The van der Waals surface area contributed by atoms with Crippen LogP contribution in [0.5, 0.6) is 0 Å². The zero-order valence-corrected chi connectivity index (χ0v) is 18.4. The summed E-state index contributed by atoms with van der Waals surface area (Å²) in [6.45, 7) is 1.12. The average Bonchev–Trinajstić information content (AvgIpc) is 2.88. The van der Waals surface area contributed by atoms with Crippen LogP contribution in [0.4, 0.5) is 0 Å². The van der Waals surface area contributed by atoms with Gasteiger partial charge in [-0.05, 0) is 6.42 Å². The lowest BCUT2D eigenvalue weighted by Gasteiger charge is -2.27. The summed E-state index contributed by atoms with van der Waals surface area (Å²) in [6, 6.07) is 0. The Morgan fingerprint density at radius 3 is 2.29 bits per heavy atom. The number of nitrogens with zero attached hydrogens (tertiary/aromatic N) is 1. The minimum atomic E-state index is -5.26. The van der Waals surface area contributed by atoms with Gasteiger partial charge in [-0.2, -0.15) is 12.9 Å². The van der Waals surface area contributed by atoms with E-state index in [2.05, 4.69) is 22.4 Å². The van der Waals surface area contributed by atoms with Crippen molar-refractivity contribution >= 4 is 23.5 Å². The van der Waals surface area contributed by atoms with Crippen LogP contribution < -0.4 is 11.2 Å². The molecule has 2 aliphatic rings. The lowest BCUT2D eigenvalue weighted by Crippen LogP contribution is -2.36. The molecule has 1 aromatic rings. The van der Waals surface area contributed by atoms with Crippen LogP contribution in [0.25, 0.3) is 0 Å². The number of rotatable bonds is 6. The minimum absolute atomic E-state index is 0.188. The number of aromatic amines is 1. The lowest BCUT2D eigenvalue weighted by molar-refractivity contribution is -0.0236. The van der Waals surface area contributed by atoms with Crippen molar-refractivity contribution < 1.29 is 55.9 Å². The molecule has 176 valence electrons. The largest absolute Gasteiger partial charge is 0.492 e. The molecule has 1 aromatic heterocycles. The third-order valence-corrected chi connectivity index (χ3v) is 9.55. The summed E-state index contributed by atoms with van der Waals surface area (Å²) < 4.78 is 58.2. The molecule has 6 atom stereocenters. The Bertz CT molecular complexity index is 1070. The Hall–Kier alpha value is -0.990. The van der Waals surface area contributed by atoms with Crippen LogP contribution in [0.1, 0.15) is 25.0 Å². The van der Waals surface area contributed by atoms with Gasteiger partial charge in [-0.1, -0.05) is 6.92 Å². The second-order valence-electron chi connectivity index (χ2n) is 6.54. The van der Waals surface area contributed by atoms with Crippen molar-refractivity contribution in [3.63, 3.8) is 0 Å². The normalized spacial score (nSPS) is 40.8. The van der Waals surface area contributed by atoms with Crippen LogP contribution in [-0.4, -0.2) is 54.5 Å². The lowest BCUT2D eigenvalue weighted by atomic mass is 10.0. The van der Waals surface area contributed by atoms with Crippen LogP contribution in [-0.2, 0) is 42.4 Å². The zero-order valence-electron chi connectivity index (χ0n) is 15.7. The minimum Gasteiger partial charge on any atom is -0.387 e. The van der Waals surface area contributed by atoms with E-state index < -0.39 is 65.7 Å². The molecular weight excluding hydrogens is 489 g/mol. The first-order valence-electron chi connectivity index (χ1n) is 8.65. The Balaban J connectivity index is 1.78. The number of aromatic nitrogens is 2. The molecule has 19 heteroatoms. The molecule has 0 saturated carbocycles. The summed E-state index contributed by atoms with van der Waals surface area (Å²) in [6.07, 6.45) is -4.60. The van der Waals surface area contributed by atoms with Crippen molar-refractivity contribution in [2.75, 3.05) is 6.61 Å². The van der Waals surface area contributed by atoms with Gasteiger partial charge in [0.25, 0.3) is 5.56 Å². The fraction of sp³-hybridized carbons (Fsp3) is 0.667. The Labute approximate surface area is 173 Å². The Morgan fingerprint density at radius 2 is 1.71 bits per heavy atom. The average molecular weight is 508 g/mol. The second kappa shape index (κ2) is 8.75. The number of phosphoric acid groups is 3. The molecule has 3 heterocycles. The van der Waals surface area contributed by atoms with Gasteiger partial charge in [0.2, 0.25) is 0 Å². The number of H-pyrrole nitrogens is 1. The summed E-state index contributed by atoms with van der Waals surface area (Å²) in [5, 5.41) is 20.5. The monoisotopic (exact) mass is 508 g/mol. The highest BCUT2D eigenvalue weighted by Crippen LogP contribution is 2.80. The van der Waals surface area contributed by atoms with E-state index >= 15 is 0 Å². The summed E-state index contributed by atoms with van der Waals surface area (Å²) in [5.74, 6) is 0. The zero-order chi connectivity index (χ0) is 23.2. The molecule has 16 nitrogen and oxygen atoms in total. The fourth-order valence-electron chi connectivity index (χ4n) is 2.92. The van der Waals surface area contributed by atoms with Gasteiger partial charge in [-0.15, -0.1) is 0 Å². The third-order valence-electron chi connectivity index (χ3n) is 4.18. The highest BCUT2D eigenvalue weighted by atomic mass is 31.3. The van der Waals surface area contributed by atoms with Crippen LogP contribution in [0, 0.1) is 0 Å². The van der Waals surface area contributed by atoms with Crippen molar-refractivity contribution in [3.8, 4) is 0 Å². The van der Waals surface area contributed by atoms with E-state index in [1.54, 1.807) is 6.92 Å². The van der Waals surface area contributed by atoms with Gasteiger partial charge < -0.3 is 29.3 Å². The molecule has 5 N–H and O–H groups in total. The predicted octanol–water partition coefficient (Wildman–Crippen LogP) is -0.503. The number of hydrogen-bond acceptors (Lipinski definition) is 12.